The maximum atomic E-state index is 12.0. The minimum atomic E-state index is -0.583. The van der Waals surface area contributed by atoms with Crippen LogP contribution in [0.15, 0.2) is 0 Å². The smallest absolute Gasteiger partial charge is 0.164 e. The van der Waals surface area contributed by atoms with Gasteiger partial charge in [0.05, 0.1) is 12.2 Å². The second-order valence-electron chi connectivity index (χ2n) is 4.37. The average Bonchev–Trinajstić information content (AvgIpc) is 2.15. The van der Waals surface area contributed by atoms with Crippen LogP contribution in [0.3, 0.4) is 0 Å². The number of ether oxygens (including phenoxy) is 2. The van der Waals surface area contributed by atoms with Crippen LogP contribution >= 0.6 is 0 Å². The Kier molecular flexibility index (Phi) is 4.29. The van der Waals surface area contributed by atoms with Gasteiger partial charge in [-0.2, -0.15) is 0 Å². The molecule has 0 amide bonds. The summed E-state index contributed by atoms with van der Waals surface area (Å²) in [4.78, 5) is 12.0. The molecular formula is C12H22O3. The molecule has 1 rings (SSSR count). The molecule has 0 aliphatic carbocycles. The van der Waals surface area contributed by atoms with E-state index in [9.17, 15) is 4.79 Å². The zero-order valence-electron chi connectivity index (χ0n) is 10.2. The molecule has 0 aromatic heterocycles. The Balaban J connectivity index is 2.83. The van der Waals surface area contributed by atoms with Gasteiger partial charge in [-0.05, 0) is 20.8 Å². The highest BCUT2D eigenvalue weighted by Gasteiger charge is 2.44. The topological polar surface area (TPSA) is 35.5 Å². The SMILES string of the molecule is CCOC1(C(=O)CC)CC(C)OC(C)C1. The highest BCUT2D eigenvalue weighted by molar-refractivity contribution is 5.87. The lowest BCUT2D eigenvalue weighted by molar-refractivity contribution is -0.175. The molecule has 1 fully saturated rings. The van der Waals surface area contributed by atoms with Gasteiger partial charge < -0.3 is 9.47 Å². The molecule has 1 aliphatic rings. The molecule has 15 heavy (non-hydrogen) atoms. The molecule has 0 bridgehead atoms. The third kappa shape index (κ3) is 2.79. The zero-order valence-corrected chi connectivity index (χ0v) is 10.2. The first-order chi connectivity index (χ1) is 7.04. The molecule has 3 nitrogen and oxygen atoms in total. The van der Waals surface area contributed by atoms with Gasteiger partial charge in [0, 0.05) is 25.9 Å². The van der Waals surface area contributed by atoms with Crippen molar-refractivity contribution >= 4 is 5.78 Å². The fourth-order valence-electron chi connectivity index (χ4n) is 2.53. The van der Waals surface area contributed by atoms with Crippen LogP contribution in [0, 0.1) is 0 Å². The maximum Gasteiger partial charge on any atom is 0.164 e. The lowest BCUT2D eigenvalue weighted by atomic mass is 9.82. The monoisotopic (exact) mass is 214 g/mol. The predicted molar refractivity (Wildman–Crippen MR) is 58.9 cm³/mol. The van der Waals surface area contributed by atoms with Crippen molar-refractivity contribution in [3.8, 4) is 0 Å². The van der Waals surface area contributed by atoms with Gasteiger partial charge in [0.1, 0.15) is 5.60 Å². The summed E-state index contributed by atoms with van der Waals surface area (Å²) in [6.45, 7) is 8.44. The van der Waals surface area contributed by atoms with Crippen LogP contribution in [-0.4, -0.2) is 30.2 Å². The molecule has 0 radical (unpaired) electrons. The Morgan fingerprint density at radius 2 is 1.87 bits per heavy atom. The van der Waals surface area contributed by atoms with Crippen LogP contribution in [0.25, 0.3) is 0 Å². The molecule has 0 saturated carbocycles. The van der Waals surface area contributed by atoms with E-state index in [1.54, 1.807) is 0 Å². The zero-order chi connectivity index (χ0) is 11.5. The molecule has 1 saturated heterocycles. The number of carbonyl (C=O) groups is 1. The molecule has 1 heterocycles. The Bertz CT molecular complexity index is 215. The van der Waals surface area contributed by atoms with Gasteiger partial charge in [0.2, 0.25) is 0 Å². The molecule has 3 heteroatoms. The van der Waals surface area contributed by atoms with E-state index in [0.717, 1.165) is 0 Å². The Labute approximate surface area is 92.1 Å². The van der Waals surface area contributed by atoms with Crippen molar-refractivity contribution in [3.05, 3.63) is 0 Å². The minimum Gasteiger partial charge on any atom is -0.375 e. The number of ketones is 1. The van der Waals surface area contributed by atoms with Crippen molar-refractivity contribution in [1.82, 2.24) is 0 Å². The Morgan fingerprint density at radius 1 is 1.33 bits per heavy atom. The van der Waals surface area contributed by atoms with E-state index in [1.165, 1.54) is 0 Å². The molecule has 0 aromatic carbocycles. The second kappa shape index (κ2) is 5.08. The first-order valence-corrected chi connectivity index (χ1v) is 5.86. The summed E-state index contributed by atoms with van der Waals surface area (Å²) in [5.74, 6) is 0.214. The van der Waals surface area contributed by atoms with Crippen molar-refractivity contribution in [2.24, 2.45) is 0 Å². The van der Waals surface area contributed by atoms with E-state index in [0.29, 0.717) is 25.9 Å². The van der Waals surface area contributed by atoms with Crippen molar-refractivity contribution in [2.45, 2.75) is 64.8 Å². The first kappa shape index (κ1) is 12.7. The Morgan fingerprint density at radius 3 is 2.27 bits per heavy atom. The van der Waals surface area contributed by atoms with Gasteiger partial charge in [-0.25, -0.2) is 0 Å². The number of hydrogen-bond donors (Lipinski definition) is 0. The maximum absolute atomic E-state index is 12.0. The largest absolute Gasteiger partial charge is 0.375 e. The van der Waals surface area contributed by atoms with Gasteiger partial charge in [-0.3, -0.25) is 4.79 Å². The van der Waals surface area contributed by atoms with E-state index in [2.05, 4.69) is 0 Å². The molecule has 0 spiro atoms. The number of hydrogen-bond acceptors (Lipinski definition) is 3. The Hall–Kier alpha value is -0.410. The fraction of sp³-hybridized carbons (Fsp3) is 0.917. The van der Waals surface area contributed by atoms with Crippen LogP contribution < -0.4 is 0 Å². The van der Waals surface area contributed by atoms with Gasteiger partial charge >= 0.3 is 0 Å². The van der Waals surface area contributed by atoms with Gasteiger partial charge in [0.25, 0.3) is 0 Å². The standard InChI is InChI=1S/C12H22O3/c1-5-11(13)12(14-6-2)7-9(3)15-10(4)8-12/h9-10H,5-8H2,1-4H3. The lowest BCUT2D eigenvalue weighted by Crippen LogP contribution is -2.51. The van der Waals surface area contributed by atoms with E-state index >= 15 is 0 Å². The van der Waals surface area contributed by atoms with Crippen LogP contribution in [0.5, 0.6) is 0 Å². The highest BCUT2D eigenvalue weighted by Crippen LogP contribution is 2.33. The van der Waals surface area contributed by atoms with E-state index < -0.39 is 5.60 Å². The van der Waals surface area contributed by atoms with E-state index in [1.807, 2.05) is 27.7 Å². The number of carbonyl (C=O) groups excluding carboxylic acids is 1. The summed E-state index contributed by atoms with van der Waals surface area (Å²) < 4.78 is 11.4. The molecular weight excluding hydrogens is 192 g/mol. The predicted octanol–water partition coefficient (Wildman–Crippen LogP) is 2.33. The van der Waals surface area contributed by atoms with Crippen molar-refractivity contribution < 1.29 is 14.3 Å². The molecule has 0 N–H and O–H groups in total. The lowest BCUT2D eigenvalue weighted by Gasteiger charge is -2.41. The van der Waals surface area contributed by atoms with Crippen molar-refractivity contribution in [2.75, 3.05) is 6.61 Å². The second-order valence-corrected chi connectivity index (χ2v) is 4.37. The molecule has 88 valence electrons. The number of Topliss-reactive ketones (excluding diaryl/α,β-unsaturated/α-hetero) is 1. The minimum absolute atomic E-state index is 0.107. The molecule has 1 aliphatic heterocycles. The third-order valence-corrected chi connectivity index (χ3v) is 2.95. The van der Waals surface area contributed by atoms with Crippen LogP contribution in [0.2, 0.25) is 0 Å². The van der Waals surface area contributed by atoms with E-state index in [-0.39, 0.29) is 18.0 Å². The van der Waals surface area contributed by atoms with Crippen LogP contribution in [-0.2, 0) is 14.3 Å². The summed E-state index contributed by atoms with van der Waals surface area (Å²) in [5.41, 5.74) is -0.583. The summed E-state index contributed by atoms with van der Waals surface area (Å²) in [7, 11) is 0. The van der Waals surface area contributed by atoms with Crippen LogP contribution in [0.1, 0.15) is 47.0 Å². The van der Waals surface area contributed by atoms with Gasteiger partial charge in [-0.1, -0.05) is 6.92 Å². The van der Waals surface area contributed by atoms with E-state index in [4.69, 9.17) is 9.47 Å². The third-order valence-electron chi connectivity index (χ3n) is 2.95. The highest BCUT2D eigenvalue weighted by atomic mass is 16.5. The fourth-order valence-corrected chi connectivity index (χ4v) is 2.53. The number of rotatable bonds is 4. The molecule has 0 aromatic rings. The summed E-state index contributed by atoms with van der Waals surface area (Å²) in [5, 5.41) is 0. The average molecular weight is 214 g/mol. The molecule has 2 atom stereocenters. The van der Waals surface area contributed by atoms with Crippen molar-refractivity contribution in [1.29, 1.82) is 0 Å². The van der Waals surface area contributed by atoms with Gasteiger partial charge in [-0.15, -0.1) is 0 Å². The molecule has 2 unspecified atom stereocenters. The summed E-state index contributed by atoms with van der Waals surface area (Å²) in [6.07, 6.45) is 2.14. The summed E-state index contributed by atoms with van der Waals surface area (Å²) >= 11 is 0. The van der Waals surface area contributed by atoms with Gasteiger partial charge in [0.15, 0.2) is 5.78 Å². The quantitative estimate of drug-likeness (QED) is 0.720. The van der Waals surface area contributed by atoms with Crippen molar-refractivity contribution in [3.63, 3.8) is 0 Å². The van der Waals surface area contributed by atoms with Crippen LogP contribution in [0.4, 0.5) is 0 Å². The summed E-state index contributed by atoms with van der Waals surface area (Å²) in [6, 6.07) is 0. The normalized spacial score (nSPS) is 36.5. The first-order valence-electron chi connectivity index (χ1n) is 5.86.